The first-order chi connectivity index (χ1) is 9.67. The molecule has 20 heavy (non-hydrogen) atoms. The van der Waals surface area contributed by atoms with Crippen LogP contribution in [0, 0.1) is 10.1 Å². The summed E-state index contributed by atoms with van der Waals surface area (Å²) in [7, 11) is 1.51. The van der Waals surface area contributed by atoms with Crippen molar-refractivity contribution in [1.82, 2.24) is 0 Å². The normalized spacial score (nSPS) is 10.7. The number of hydrogen-bond donors (Lipinski definition) is 0. The van der Waals surface area contributed by atoms with Gasteiger partial charge >= 0.3 is 0 Å². The Hall–Kier alpha value is -2.08. The minimum absolute atomic E-state index is 0.0672. The highest BCUT2D eigenvalue weighted by Crippen LogP contribution is 2.26. The van der Waals surface area contributed by atoms with E-state index < -0.39 is 4.92 Å². The zero-order valence-corrected chi connectivity index (χ0v) is 11.7. The molecule has 0 aliphatic rings. The molecule has 0 bridgehead atoms. The summed E-state index contributed by atoms with van der Waals surface area (Å²) >= 11 is 0. The summed E-state index contributed by atoms with van der Waals surface area (Å²) in [6.45, 7) is 2.78. The minimum atomic E-state index is -0.522. The van der Waals surface area contributed by atoms with Gasteiger partial charge in [0, 0.05) is 24.8 Å². The van der Waals surface area contributed by atoms with Crippen molar-refractivity contribution in [3.05, 3.63) is 40.1 Å². The van der Waals surface area contributed by atoms with Gasteiger partial charge in [0.15, 0.2) is 6.79 Å². The number of nitrogens with zero attached hydrogens (tertiary/aromatic N) is 1. The number of hydrogen-bond acceptors (Lipinski definition) is 5. The van der Waals surface area contributed by atoms with Gasteiger partial charge in [-0.3, -0.25) is 10.1 Å². The van der Waals surface area contributed by atoms with Gasteiger partial charge in [-0.1, -0.05) is 13.3 Å². The highest BCUT2D eigenvalue weighted by Gasteiger charge is 2.05. The first kappa shape index (κ1) is 16.0. The summed E-state index contributed by atoms with van der Waals surface area (Å²) in [4.78, 5) is 9.85. The molecule has 0 aliphatic carbocycles. The summed E-state index contributed by atoms with van der Waals surface area (Å²) in [6.07, 6.45) is 4.27. The van der Waals surface area contributed by atoms with Gasteiger partial charge in [0.1, 0.15) is 11.5 Å². The predicted octanol–water partition coefficient (Wildman–Crippen LogP) is 3.10. The lowest BCUT2D eigenvalue weighted by atomic mass is 10.2. The van der Waals surface area contributed by atoms with Gasteiger partial charge in [0.25, 0.3) is 0 Å². The Morgan fingerprint density at radius 3 is 2.80 bits per heavy atom. The van der Waals surface area contributed by atoms with E-state index in [0.717, 1.165) is 19.0 Å². The fraction of sp³-hybridized carbons (Fsp3) is 0.429. The molecule has 0 radical (unpaired) electrons. The van der Waals surface area contributed by atoms with Crippen LogP contribution in [0.25, 0.3) is 6.08 Å². The van der Waals surface area contributed by atoms with E-state index >= 15 is 0 Å². The second kappa shape index (κ2) is 8.92. The summed E-state index contributed by atoms with van der Waals surface area (Å²) in [5.74, 6) is 1.15. The van der Waals surface area contributed by atoms with Crippen molar-refractivity contribution < 1.29 is 19.1 Å². The van der Waals surface area contributed by atoms with Gasteiger partial charge in [-0.05, 0) is 18.6 Å². The van der Waals surface area contributed by atoms with Crippen LogP contribution in [0.3, 0.4) is 0 Å². The van der Waals surface area contributed by atoms with Crippen LogP contribution in [-0.2, 0) is 4.74 Å². The van der Waals surface area contributed by atoms with Crippen LogP contribution in [0.2, 0.25) is 0 Å². The number of nitro groups is 1. The van der Waals surface area contributed by atoms with E-state index in [1.807, 2.05) is 0 Å². The van der Waals surface area contributed by atoms with E-state index in [4.69, 9.17) is 14.2 Å². The van der Waals surface area contributed by atoms with E-state index in [2.05, 4.69) is 6.92 Å². The number of unbranched alkanes of at least 4 members (excludes halogenated alkanes) is 1. The molecular formula is C14H19NO5. The zero-order valence-electron chi connectivity index (χ0n) is 11.7. The van der Waals surface area contributed by atoms with Gasteiger partial charge in [-0.25, -0.2) is 0 Å². The zero-order chi connectivity index (χ0) is 14.8. The van der Waals surface area contributed by atoms with Crippen LogP contribution in [0.5, 0.6) is 11.5 Å². The minimum Gasteiger partial charge on any atom is -0.493 e. The number of rotatable bonds is 9. The molecule has 110 valence electrons. The molecule has 0 unspecified atom stereocenters. The fourth-order valence-corrected chi connectivity index (χ4v) is 1.47. The van der Waals surface area contributed by atoms with Crippen LogP contribution in [-0.4, -0.2) is 25.4 Å². The van der Waals surface area contributed by atoms with Crippen molar-refractivity contribution in [3.63, 3.8) is 0 Å². The van der Waals surface area contributed by atoms with Crippen molar-refractivity contribution in [2.45, 2.75) is 19.8 Å². The molecule has 0 fully saturated rings. The molecule has 0 aliphatic heterocycles. The number of benzene rings is 1. The predicted molar refractivity (Wildman–Crippen MR) is 75.4 cm³/mol. The van der Waals surface area contributed by atoms with Crippen molar-refractivity contribution in [2.24, 2.45) is 0 Å². The average molecular weight is 281 g/mol. The van der Waals surface area contributed by atoms with E-state index in [1.165, 1.54) is 13.2 Å². The highest BCUT2D eigenvalue weighted by molar-refractivity contribution is 5.58. The van der Waals surface area contributed by atoms with E-state index in [9.17, 15) is 10.1 Å². The Balaban J connectivity index is 2.84. The van der Waals surface area contributed by atoms with Crippen LogP contribution in [0.4, 0.5) is 0 Å². The quantitative estimate of drug-likeness (QED) is 0.301. The third-order valence-electron chi connectivity index (χ3n) is 2.46. The maximum absolute atomic E-state index is 10.4. The summed E-state index contributed by atoms with van der Waals surface area (Å²) in [5.41, 5.74) is 0.599. The van der Waals surface area contributed by atoms with E-state index in [-0.39, 0.29) is 6.79 Å². The molecule has 1 rings (SSSR count). The third-order valence-corrected chi connectivity index (χ3v) is 2.46. The monoisotopic (exact) mass is 281 g/mol. The molecule has 0 aromatic heterocycles. The molecule has 0 N–H and O–H groups in total. The van der Waals surface area contributed by atoms with E-state index in [1.54, 1.807) is 18.2 Å². The van der Waals surface area contributed by atoms with Gasteiger partial charge < -0.3 is 14.2 Å². The summed E-state index contributed by atoms with van der Waals surface area (Å²) in [5, 5.41) is 10.4. The maximum atomic E-state index is 10.4. The Bertz CT molecular complexity index is 459. The van der Waals surface area contributed by atoms with Gasteiger partial charge in [0.05, 0.1) is 11.5 Å². The lowest BCUT2D eigenvalue weighted by molar-refractivity contribution is -0.400. The fourth-order valence-electron chi connectivity index (χ4n) is 1.47. The van der Waals surface area contributed by atoms with Crippen LogP contribution in [0.1, 0.15) is 25.3 Å². The number of methoxy groups -OCH3 is 1. The Labute approximate surface area is 118 Å². The van der Waals surface area contributed by atoms with Crippen LogP contribution < -0.4 is 9.47 Å². The average Bonchev–Trinajstić information content (AvgIpc) is 2.44. The maximum Gasteiger partial charge on any atom is 0.235 e. The standard InChI is InChI=1S/C14H19NO5/c1-3-4-9-19-13-6-5-12(7-8-15(16)17)14(10-13)20-11-18-2/h5-8,10H,3-4,9,11H2,1-2H3/b8-7+. The SMILES string of the molecule is CCCCOc1ccc(/C=C/[N+](=O)[O-])c(OCOC)c1. The van der Waals surface area contributed by atoms with Crippen molar-refractivity contribution in [3.8, 4) is 11.5 Å². The lowest BCUT2D eigenvalue weighted by Gasteiger charge is -2.11. The Morgan fingerprint density at radius 1 is 1.35 bits per heavy atom. The first-order valence-electron chi connectivity index (χ1n) is 6.37. The Morgan fingerprint density at radius 2 is 2.15 bits per heavy atom. The molecular weight excluding hydrogens is 262 g/mol. The second-order valence-electron chi connectivity index (χ2n) is 4.05. The van der Waals surface area contributed by atoms with Gasteiger partial charge in [0.2, 0.25) is 6.20 Å². The molecule has 0 saturated carbocycles. The molecule has 0 atom stereocenters. The van der Waals surface area contributed by atoms with Crippen LogP contribution in [0.15, 0.2) is 24.4 Å². The largest absolute Gasteiger partial charge is 0.493 e. The number of ether oxygens (including phenoxy) is 3. The topological polar surface area (TPSA) is 70.8 Å². The molecule has 0 saturated heterocycles. The van der Waals surface area contributed by atoms with Gasteiger partial charge in [-0.2, -0.15) is 0 Å². The third kappa shape index (κ3) is 5.71. The van der Waals surface area contributed by atoms with Crippen molar-refractivity contribution >= 4 is 6.08 Å². The summed E-state index contributed by atoms with van der Waals surface area (Å²) in [6, 6.07) is 5.18. The molecule has 0 heterocycles. The smallest absolute Gasteiger partial charge is 0.235 e. The van der Waals surface area contributed by atoms with Crippen molar-refractivity contribution in [2.75, 3.05) is 20.5 Å². The lowest BCUT2D eigenvalue weighted by Crippen LogP contribution is -2.02. The summed E-state index contributed by atoms with van der Waals surface area (Å²) < 4.78 is 15.8. The van der Waals surface area contributed by atoms with Crippen molar-refractivity contribution in [1.29, 1.82) is 0 Å². The van der Waals surface area contributed by atoms with E-state index in [0.29, 0.717) is 23.7 Å². The molecule has 1 aromatic carbocycles. The van der Waals surface area contributed by atoms with Crippen LogP contribution >= 0.6 is 0 Å². The second-order valence-corrected chi connectivity index (χ2v) is 4.05. The first-order valence-corrected chi connectivity index (χ1v) is 6.37. The molecule has 0 spiro atoms. The molecule has 6 heteroatoms. The molecule has 0 amide bonds. The Kier molecular flexibility index (Phi) is 7.13. The molecule has 1 aromatic rings. The highest BCUT2D eigenvalue weighted by atomic mass is 16.7. The molecule has 6 nitrogen and oxygen atoms in total. The van der Waals surface area contributed by atoms with Gasteiger partial charge in [-0.15, -0.1) is 0 Å².